The Labute approximate surface area is 187 Å². The van der Waals surface area contributed by atoms with Gasteiger partial charge in [0, 0.05) is 6.42 Å². The molecular formula is C23H51ClN2O3. The lowest BCUT2D eigenvalue weighted by Crippen LogP contribution is -2.51. The maximum atomic E-state index is 10.3. The van der Waals surface area contributed by atoms with Crippen LogP contribution in [0.25, 0.3) is 0 Å². The van der Waals surface area contributed by atoms with E-state index in [9.17, 15) is 9.90 Å². The maximum Gasteiger partial charge on any atom is 0.303 e. The van der Waals surface area contributed by atoms with E-state index in [4.69, 9.17) is 10.8 Å². The Morgan fingerprint density at radius 1 is 0.862 bits per heavy atom. The van der Waals surface area contributed by atoms with Crippen molar-refractivity contribution in [3.8, 4) is 0 Å². The number of aliphatic hydroxyl groups is 1. The summed E-state index contributed by atoms with van der Waals surface area (Å²) in [7, 11) is 0. The summed E-state index contributed by atoms with van der Waals surface area (Å²) in [6.45, 7) is 7.87. The molecule has 0 spiro atoms. The highest BCUT2D eigenvalue weighted by Gasteiger charge is 2.18. The number of hydrogen-bond donors (Lipinski definition) is 4. The molecular weight excluding hydrogens is 388 g/mol. The van der Waals surface area contributed by atoms with E-state index < -0.39 is 11.7 Å². The number of nitrogens with two attached hydrogens (primary N) is 1. The van der Waals surface area contributed by atoms with Crippen LogP contribution in [0.4, 0.5) is 0 Å². The summed E-state index contributed by atoms with van der Waals surface area (Å²) in [5, 5.41) is 20.8. The van der Waals surface area contributed by atoms with E-state index in [0.29, 0.717) is 12.8 Å². The SMILES string of the molecule is CCC(N)NC(C)(O)CC.CCCCCCCCCCCCCCCC(=O)O.Cl. The van der Waals surface area contributed by atoms with Crippen molar-refractivity contribution >= 4 is 18.4 Å². The summed E-state index contributed by atoms with van der Waals surface area (Å²) >= 11 is 0. The number of hydrogen-bond acceptors (Lipinski definition) is 4. The van der Waals surface area contributed by atoms with E-state index in [1.807, 2.05) is 13.8 Å². The normalized spacial score (nSPS) is 13.6. The Kier molecular flexibility index (Phi) is 27.4. The molecule has 29 heavy (non-hydrogen) atoms. The molecule has 0 aliphatic carbocycles. The van der Waals surface area contributed by atoms with Gasteiger partial charge in [-0.1, -0.05) is 97.8 Å². The van der Waals surface area contributed by atoms with Crippen molar-refractivity contribution in [1.82, 2.24) is 5.32 Å². The van der Waals surface area contributed by atoms with Gasteiger partial charge in [-0.15, -0.1) is 12.4 Å². The Morgan fingerprint density at radius 3 is 1.55 bits per heavy atom. The minimum Gasteiger partial charge on any atom is -0.481 e. The summed E-state index contributed by atoms with van der Waals surface area (Å²) in [5.41, 5.74) is 4.75. The number of rotatable bonds is 18. The highest BCUT2D eigenvalue weighted by Crippen LogP contribution is 2.12. The quantitative estimate of drug-likeness (QED) is 0.147. The second-order valence-corrected chi connectivity index (χ2v) is 8.17. The molecule has 0 bridgehead atoms. The van der Waals surface area contributed by atoms with Crippen LogP contribution in [0.2, 0.25) is 0 Å². The molecule has 0 saturated carbocycles. The summed E-state index contributed by atoms with van der Waals surface area (Å²) in [5.74, 6) is -0.655. The first kappa shape index (κ1) is 33.3. The van der Waals surface area contributed by atoms with Crippen LogP contribution in [0.15, 0.2) is 0 Å². The summed E-state index contributed by atoms with van der Waals surface area (Å²) < 4.78 is 0. The second-order valence-electron chi connectivity index (χ2n) is 8.17. The van der Waals surface area contributed by atoms with Crippen molar-refractivity contribution in [2.75, 3.05) is 0 Å². The van der Waals surface area contributed by atoms with Gasteiger partial charge in [-0.05, 0) is 26.2 Å². The van der Waals surface area contributed by atoms with Crippen molar-refractivity contribution in [3.05, 3.63) is 0 Å². The Hall–Kier alpha value is -0.360. The van der Waals surface area contributed by atoms with Gasteiger partial charge >= 0.3 is 5.97 Å². The first-order valence-corrected chi connectivity index (χ1v) is 11.8. The Morgan fingerprint density at radius 2 is 1.24 bits per heavy atom. The smallest absolute Gasteiger partial charge is 0.303 e. The van der Waals surface area contributed by atoms with E-state index in [1.165, 1.54) is 70.6 Å². The van der Waals surface area contributed by atoms with Gasteiger partial charge in [0.1, 0.15) is 5.72 Å². The number of carbonyl (C=O) groups is 1. The molecule has 0 aromatic rings. The number of unbranched alkanes of at least 4 members (excludes halogenated alkanes) is 12. The van der Waals surface area contributed by atoms with Crippen LogP contribution >= 0.6 is 12.4 Å². The van der Waals surface area contributed by atoms with E-state index >= 15 is 0 Å². The van der Waals surface area contributed by atoms with Crippen molar-refractivity contribution in [2.45, 2.75) is 142 Å². The van der Waals surface area contributed by atoms with Gasteiger partial charge in [0.2, 0.25) is 0 Å². The van der Waals surface area contributed by atoms with Crippen molar-refractivity contribution < 1.29 is 15.0 Å². The topological polar surface area (TPSA) is 95.6 Å². The van der Waals surface area contributed by atoms with Gasteiger partial charge in [0.15, 0.2) is 0 Å². The lowest BCUT2D eigenvalue weighted by Gasteiger charge is -2.26. The van der Waals surface area contributed by atoms with Gasteiger partial charge < -0.3 is 15.9 Å². The molecule has 6 heteroatoms. The zero-order chi connectivity index (χ0) is 21.7. The zero-order valence-corrected chi connectivity index (χ0v) is 20.5. The molecule has 0 rings (SSSR count). The van der Waals surface area contributed by atoms with Gasteiger partial charge in [0.25, 0.3) is 0 Å². The molecule has 178 valence electrons. The van der Waals surface area contributed by atoms with Crippen molar-refractivity contribution in [3.63, 3.8) is 0 Å². The molecule has 0 aliphatic heterocycles. The minimum atomic E-state index is -0.810. The number of nitrogens with one attached hydrogen (secondary N) is 1. The van der Waals surface area contributed by atoms with E-state index in [0.717, 1.165) is 19.3 Å². The van der Waals surface area contributed by atoms with Crippen LogP contribution in [-0.2, 0) is 4.79 Å². The first-order chi connectivity index (χ1) is 13.3. The molecule has 2 unspecified atom stereocenters. The lowest BCUT2D eigenvalue weighted by molar-refractivity contribution is -0.137. The summed E-state index contributed by atoms with van der Waals surface area (Å²) in [4.78, 5) is 10.3. The number of aliphatic carboxylic acids is 1. The fourth-order valence-electron chi connectivity index (χ4n) is 2.90. The predicted octanol–water partition coefficient (Wildman–Crippen LogP) is 6.36. The highest BCUT2D eigenvalue weighted by molar-refractivity contribution is 5.85. The molecule has 2 atom stereocenters. The van der Waals surface area contributed by atoms with E-state index in [-0.39, 0.29) is 18.6 Å². The first-order valence-electron chi connectivity index (χ1n) is 11.8. The van der Waals surface area contributed by atoms with Crippen LogP contribution in [0.3, 0.4) is 0 Å². The molecule has 0 aliphatic rings. The molecule has 5 N–H and O–H groups in total. The van der Waals surface area contributed by atoms with E-state index in [1.54, 1.807) is 6.92 Å². The molecule has 0 heterocycles. The van der Waals surface area contributed by atoms with Crippen LogP contribution in [0, 0.1) is 0 Å². The third kappa shape index (κ3) is 29.9. The summed E-state index contributed by atoms with van der Waals surface area (Å²) in [6.07, 6.45) is 18.7. The largest absolute Gasteiger partial charge is 0.481 e. The third-order valence-electron chi connectivity index (χ3n) is 5.12. The second kappa shape index (κ2) is 23.9. The molecule has 0 amide bonds. The van der Waals surface area contributed by atoms with Gasteiger partial charge in [-0.2, -0.15) is 0 Å². The zero-order valence-electron chi connectivity index (χ0n) is 19.7. The number of halogens is 1. The molecule has 0 saturated heterocycles. The monoisotopic (exact) mass is 438 g/mol. The molecule has 0 fully saturated rings. The van der Waals surface area contributed by atoms with Gasteiger partial charge in [0.05, 0.1) is 6.17 Å². The van der Waals surface area contributed by atoms with Gasteiger partial charge in [-0.3, -0.25) is 10.1 Å². The van der Waals surface area contributed by atoms with Crippen LogP contribution in [0.5, 0.6) is 0 Å². The average Bonchev–Trinajstić information content (AvgIpc) is 2.65. The number of carboxylic acids is 1. The predicted molar refractivity (Wildman–Crippen MR) is 128 cm³/mol. The molecule has 5 nitrogen and oxygen atoms in total. The van der Waals surface area contributed by atoms with Crippen LogP contribution < -0.4 is 11.1 Å². The minimum absolute atomic E-state index is 0. The fourth-order valence-corrected chi connectivity index (χ4v) is 2.90. The Balaban J connectivity index is -0.000000525. The maximum absolute atomic E-state index is 10.3. The average molecular weight is 439 g/mol. The Bertz CT molecular complexity index is 342. The highest BCUT2D eigenvalue weighted by atomic mass is 35.5. The fraction of sp³-hybridized carbons (Fsp3) is 0.957. The lowest BCUT2D eigenvalue weighted by atomic mass is 10.0. The van der Waals surface area contributed by atoms with E-state index in [2.05, 4.69) is 12.2 Å². The molecule has 0 aromatic heterocycles. The number of carboxylic acid groups (broad SMARTS) is 1. The van der Waals surface area contributed by atoms with Crippen molar-refractivity contribution in [2.24, 2.45) is 5.73 Å². The van der Waals surface area contributed by atoms with Crippen LogP contribution in [-0.4, -0.2) is 28.1 Å². The molecule has 0 radical (unpaired) electrons. The van der Waals surface area contributed by atoms with Crippen LogP contribution in [0.1, 0.15) is 130 Å². The van der Waals surface area contributed by atoms with Gasteiger partial charge in [-0.25, -0.2) is 0 Å². The van der Waals surface area contributed by atoms with Crippen molar-refractivity contribution in [1.29, 1.82) is 0 Å². The summed E-state index contributed by atoms with van der Waals surface area (Å²) in [6, 6.07) is 0. The standard InChI is InChI=1S/C16H32O2.C7H18N2O.ClH/c1-2-3-4-5-6-7-8-9-10-11-12-13-14-15-16(17)18;1-4-6(8)9-7(3,10)5-2;/h2-15H2,1H3,(H,17,18);6,9-10H,4-5,8H2,1-3H3;1H. The third-order valence-corrected chi connectivity index (χ3v) is 5.12. The molecule has 0 aromatic carbocycles.